The van der Waals surface area contributed by atoms with E-state index in [0.29, 0.717) is 4.47 Å². The molecule has 1 aromatic rings. The van der Waals surface area contributed by atoms with E-state index < -0.39 is 10.8 Å². The Balaban J connectivity index is 2.64. The minimum absolute atomic E-state index is 0.0232. The number of Topliss-reactive ketones (excluding diaryl/α,β-unsaturated/α-hetero) is 1. The predicted octanol–water partition coefficient (Wildman–Crippen LogP) is 2.88. The lowest BCUT2D eigenvalue weighted by Crippen LogP contribution is -2.10. The van der Waals surface area contributed by atoms with Crippen LogP contribution in [0.25, 0.3) is 0 Å². The number of alkyl halides is 1. The largest absolute Gasteiger partial charge is 0.467 e. The highest BCUT2D eigenvalue weighted by atomic mass is 79.9. The van der Waals surface area contributed by atoms with Crippen LogP contribution in [0.5, 0.6) is 5.75 Å². The Morgan fingerprint density at radius 2 is 2.15 bits per heavy atom. The molecule has 1 unspecified atom stereocenters. The van der Waals surface area contributed by atoms with Crippen LogP contribution < -0.4 is 4.74 Å². The second kappa shape index (κ2) is 3.06. The summed E-state index contributed by atoms with van der Waals surface area (Å²) in [5.74, 6) is -0.759. The summed E-state index contributed by atoms with van der Waals surface area (Å²) in [6, 6.07) is 2.80. The lowest BCUT2D eigenvalue weighted by atomic mass is 10.1. The lowest BCUT2D eigenvalue weighted by Gasteiger charge is -2.00. The van der Waals surface area contributed by atoms with Crippen LogP contribution in [0.2, 0.25) is 0 Å². The van der Waals surface area contributed by atoms with Crippen molar-refractivity contribution in [3.8, 4) is 5.75 Å². The maximum Gasteiger partial charge on any atom is 0.218 e. The Bertz CT molecular complexity index is 392. The quantitative estimate of drug-likeness (QED) is 0.689. The van der Waals surface area contributed by atoms with Crippen molar-refractivity contribution in [3.63, 3.8) is 0 Å². The maximum atomic E-state index is 13.2. The molecular weight excluding hydrogens is 307 g/mol. The van der Waals surface area contributed by atoms with Crippen molar-refractivity contribution in [3.05, 3.63) is 28.0 Å². The SMILES string of the molecule is O=C1c2cc(Br)cc(F)c2OC1Br. The second-order valence-electron chi connectivity index (χ2n) is 2.56. The molecule has 1 aromatic carbocycles. The Hall–Kier alpha value is -0.420. The fraction of sp³-hybridized carbons (Fsp3) is 0.125. The zero-order chi connectivity index (χ0) is 9.59. The first kappa shape index (κ1) is 9.15. The Morgan fingerprint density at radius 1 is 1.46 bits per heavy atom. The first-order chi connectivity index (χ1) is 6.09. The van der Waals surface area contributed by atoms with E-state index in [1.807, 2.05) is 0 Å². The van der Waals surface area contributed by atoms with Crippen LogP contribution in [0, 0.1) is 5.82 Å². The molecule has 68 valence electrons. The van der Waals surface area contributed by atoms with Gasteiger partial charge in [0.15, 0.2) is 11.6 Å². The van der Waals surface area contributed by atoms with Gasteiger partial charge in [-0.25, -0.2) is 4.39 Å². The van der Waals surface area contributed by atoms with E-state index >= 15 is 0 Å². The van der Waals surface area contributed by atoms with Crippen LogP contribution in [0.4, 0.5) is 4.39 Å². The summed E-state index contributed by atoms with van der Waals surface area (Å²) in [6.45, 7) is 0. The highest BCUT2D eigenvalue weighted by Crippen LogP contribution is 2.35. The number of fused-ring (bicyclic) bond motifs is 1. The summed E-state index contributed by atoms with van der Waals surface area (Å²) in [5.41, 5.74) is 0.272. The second-order valence-corrected chi connectivity index (χ2v) is 4.31. The molecule has 0 fully saturated rings. The van der Waals surface area contributed by atoms with Gasteiger partial charge in [0.2, 0.25) is 10.8 Å². The van der Waals surface area contributed by atoms with Gasteiger partial charge in [-0.3, -0.25) is 4.79 Å². The van der Waals surface area contributed by atoms with Crippen LogP contribution in [-0.2, 0) is 0 Å². The number of hydrogen-bond acceptors (Lipinski definition) is 2. The smallest absolute Gasteiger partial charge is 0.218 e. The third kappa shape index (κ3) is 1.40. The number of halogens is 3. The van der Waals surface area contributed by atoms with Crippen molar-refractivity contribution in [2.24, 2.45) is 0 Å². The van der Waals surface area contributed by atoms with Gasteiger partial charge in [-0.15, -0.1) is 0 Å². The monoisotopic (exact) mass is 308 g/mol. The molecule has 0 aromatic heterocycles. The first-order valence-electron chi connectivity index (χ1n) is 3.43. The summed E-state index contributed by atoms with van der Waals surface area (Å²) in [5, 5.41) is -0.758. The lowest BCUT2D eigenvalue weighted by molar-refractivity contribution is 0.0941. The van der Waals surface area contributed by atoms with E-state index in [9.17, 15) is 9.18 Å². The molecule has 1 aliphatic heterocycles. The normalized spacial score (nSPS) is 19.9. The number of benzene rings is 1. The maximum absolute atomic E-state index is 13.2. The van der Waals surface area contributed by atoms with Gasteiger partial charge >= 0.3 is 0 Å². The molecule has 1 heterocycles. The number of ether oxygens (including phenoxy) is 1. The summed E-state index contributed by atoms with van der Waals surface area (Å²) >= 11 is 6.09. The van der Waals surface area contributed by atoms with Gasteiger partial charge in [-0.05, 0) is 28.1 Å². The van der Waals surface area contributed by atoms with Gasteiger partial charge in [-0.2, -0.15) is 0 Å². The van der Waals surface area contributed by atoms with Gasteiger partial charge in [0.05, 0.1) is 5.56 Å². The molecule has 0 radical (unpaired) electrons. The van der Waals surface area contributed by atoms with Gasteiger partial charge in [0, 0.05) is 4.47 Å². The molecule has 2 nitrogen and oxygen atoms in total. The Morgan fingerprint density at radius 3 is 2.85 bits per heavy atom. The molecule has 0 bridgehead atoms. The molecular formula is C8H3Br2FO2. The fourth-order valence-electron chi connectivity index (χ4n) is 1.14. The average molecular weight is 310 g/mol. The minimum atomic E-state index is -0.758. The van der Waals surface area contributed by atoms with E-state index in [0.717, 1.165) is 0 Å². The molecule has 5 heteroatoms. The fourth-order valence-corrected chi connectivity index (χ4v) is 2.01. The molecule has 0 aliphatic carbocycles. The summed E-state index contributed by atoms with van der Waals surface area (Å²) in [7, 11) is 0. The van der Waals surface area contributed by atoms with Crippen molar-refractivity contribution in [2.75, 3.05) is 0 Å². The first-order valence-corrected chi connectivity index (χ1v) is 5.14. The zero-order valence-electron chi connectivity index (χ0n) is 6.18. The van der Waals surface area contributed by atoms with E-state index in [1.165, 1.54) is 6.07 Å². The molecule has 0 spiro atoms. The van der Waals surface area contributed by atoms with Crippen LogP contribution >= 0.6 is 31.9 Å². The molecule has 0 saturated heterocycles. The average Bonchev–Trinajstić information content (AvgIpc) is 2.32. The van der Waals surface area contributed by atoms with Crippen molar-refractivity contribution in [2.45, 2.75) is 5.01 Å². The van der Waals surface area contributed by atoms with Crippen LogP contribution in [0.1, 0.15) is 10.4 Å². The third-order valence-electron chi connectivity index (χ3n) is 1.70. The number of ketones is 1. The molecule has 0 amide bonds. The predicted molar refractivity (Wildman–Crippen MR) is 51.8 cm³/mol. The van der Waals surface area contributed by atoms with Gasteiger partial charge in [-0.1, -0.05) is 15.9 Å². The van der Waals surface area contributed by atoms with Gasteiger partial charge in [0.1, 0.15) is 0 Å². The summed E-state index contributed by atoms with van der Waals surface area (Å²) in [6.07, 6.45) is 0. The van der Waals surface area contributed by atoms with E-state index in [1.54, 1.807) is 6.07 Å². The van der Waals surface area contributed by atoms with E-state index in [4.69, 9.17) is 4.74 Å². The van der Waals surface area contributed by atoms with Crippen molar-refractivity contribution >= 4 is 37.6 Å². The zero-order valence-corrected chi connectivity index (χ0v) is 9.35. The Labute approximate surface area is 90.3 Å². The van der Waals surface area contributed by atoms with E-state index in [-0.39, 0.29) is 17.1 Å². The van der Waals surface area contributed by atoms with E-state index in [2.05, 4.69) is 31.9 Å². The highest BCUT2D eigenvalue weighted by molar-refractivity contribution is 9.10. The summed E-state index contributed by atoms with van der Waals surface area (Å²) < 4.78 is 18.7. The number of rotatable bonds is 0. The molecule has 13 heavy (non-hydrogen) atoms. The van der Waals surface area contributed by atoms with Crippen molar-refractivity contribution in [1.29, 1.82) is 0 Å². The molecule has 2 rings (SSSR count). The molecule has 1 aliphatic rings. The third-order valence-corrected chi connectivity index (χ3v) is 2.76. The number of hydrogen-bond donors (Lipinski definition) is 0. The molecule has 0 saturated carbocycles. The molecule has 1 atom stereocenters. The highest BCUT2D eigenvalue weighted by Gasteiger charge is 2.32. The number of carbonyl (C=O) groups excluding carboxylic acids is 1. The minimum Gasteiger partial charge on any atom is -0.467 e. The van der Waals surface area contributed by atoms with Crippen LogP contribution in [0.15, 0.2) is 16.6 Å². The Kier molecular flexibility index (Phi) is 2.15. The molecule has 0 N–H and O–H groups in total. The summed E-state index contributed by atoms with van der Waals surface area (Å²) in [4.78, 5) is 11.3. The number of carbonyl (C=O) groups is 1. The van der Waals surface area contributed by atoms with Gasteiger partial charge < -0.3 is 4.74 Å². The topological polar surface area (TPSA) is 26.3 Å². The van der Waals surface area contributed by atoms with Crippen LogP contribution in [-0.4, -0.2) is 10.8 Å². The van der Waals surface area contributed by atoms with Crippen molar-refractivity contribution in [1.82, 2.24) is 0 Å². The standard InChI is InChI=1S/C8H3Br2FO2/c9-3-1-4-6(12)8(10)13-7(4)5(11)2-3/h1-2,8H. The van der Waals surface area contributed by atoms with Crippen molar-refractivity contribution < 1.29 is 13.9 Å². The van der Waals surface area contributed by atoms with Crippen LogP contribution in [0.3, 0.4) is 0 Å². The van der Waals surface area contributed by atoms with Gasteiger partial charge in [0.25, 0.3) is 0 Å².